The van der Waals surface area contributed by atoms with Crippen LogP contribution >= 0.6 is 11.6 Å². The van der Waals surface area contributed by atoms with Crippen molar-refractivity contribution < 1.29 is 43.2 Å². The van der Waals surface area contributed by atoms with Gasteiger partial charge < -0.3 is 24.1 Å². The van der Waals surface area contributed by atoms with Gasteiger partial charge in [0, 0.05) is 30.1 Å². The van der Waals surface area contributed by atoms with E-state index in [1.54, 1.807) is 33.8 Å². The Kier molecular flexibility index (Phi) is 6.06. The Morgan fingerprint density at radius 3 is 2.25 bits per heavy atom. The maximum absolute atomic E-state index is 13.4. The molecule has 9 nitrogen and oxygen atoms in total. The number of allylic oxidation sites excluding steroid dienone is 1. The van der Waals surface area contributed by atoms with E-state index in [1.807, 2.05) is 0 Å². The zero-order valence-electron chi connectivity index (χ0n) is 21.5. The monoisotopic (exact) mass is 524 g/mol. The zero-order chi connectivity index (χ0) is 27.2. The number of carbonyl (C=O) groups excluding carboxylic acids is 4. The molecule has 1 N–H and O–H groups in total. The summed E-state index contributed by atoms with van der Waals surface area (Å²) in [4.78, 5) is 51.2. The zero-order valence-corrected chi connectivity index (χ0v) is 22.3. The summed E-state index contributed by atoms with van der Waals surface area (Å²) < 4.78 is 23.3. The number of fused-ring (bicyclic) bond motifs is 3. The molecule has 0 spiro atoms. The molecule has 198 valence electrons. The summed E-state index contributed by atoms with van der Waals surface area (Å²) in [5.74, 6) is -3.54. The van der Waals surface area contributed by atoms with Crippen molar-refractivity contribution in [1.82, 2.24) is 0 Å². The quantitative estimate of drug-likeness (QED) is 0.190. The van der Waals surface area contributed by atoms with Crippen LogP contribution in [0.4, 0.5) is 0 Å². The molecule has 0 aromatic heterocycles. The van der Waals surface area contributed by atoms with Gasteiger partial charge in [0.1, 0.15) is 24.4 Å². The first-order valence-electron chi connectivity index (χ1n) is 12.0. The Morgan fingerprint density at radius 2 is 1.69 bits per heavy atom. The number of aliphatic hydroxyl groups is 1. The molecule has 0 amide bonds. The van der Waals surface area contributed by atoms with Crippen molar-refractivity contribution in [3.05, 3.63) is 24.3 Å². The van der Waals surface area contributed by atoms with Crippen LogP contribution in [0.25, 0.3) is 0 Å². The molecule has 36 heavy (non-hydrogen) atoms. The van der Waals surface area contributed by atoms with Crippen molar-refractivity contribution in [1.29, 1.82) is 0 Å². The first kappa shape index (κ1) is 26.8. The van der Waals surface area contributed by atoms with Gasteiger partial charge in [-0.2, -0.15) is 0 Å². The first-order valence-corrected chi connectivity index (χ1v) is 12.4. The van der Waals surface area contributed by atoms with Crippen molar-refractivity contribution in [2.45, 2.75) is 90.0 Å². The molecule has 2 aliphatic carbocycles. The largest absolute Gasteiger partial charge is 0.459 e. The standard InChI is InChI=1S/C26H33ClO9/c1-11-16(27)19-26(32,12(2)21(31)36-19)22(34-14(4)29)25(8)23(5,6)15(30)9-10-24(25,7)20(33-13(3)28)18-17(11)35-18/h9-10,12,16-20,22,32H,1H2,2-8H3/t12-,16-,17+,18+,19-,20-,22+,24+,25-,26-/m0/s1. The van der Waals surface area contributed by atoms with Crippen molar-refractivity contribution in [2.24, 2.45) is 22.2 Å². The number of rotatable bonds is 2. The fourth-order valence-electron chi connectivity index (χ4n) is 6.54. The van der Waals surface area contributed by atoms with E-state index in [2.05, 4.69) is 6.58 Å². The molecule has 10 heteroatoms. The smallest absolute Gasteiger partial charge is 0.312 e. The van der Waals surface area contributed by atoms with Crippen molar-refractivity contribution >= 4 is 35.3 Å². The molecule has 1 saturated carbocycles. The number of carbonyl (C=O) groups is 4. The average molecular weight is 525 g/mol. The van der Waals surface area contributed by atoms with Gasteiger partial charge in [0.25, 0.3) is 0 Å². The lowest BCUT2D eigenvalue weighted by Gasteiger charge is -2.62. The topological polar surface area (TPSA) is 129 Å². The van der Waals surface area contributed by atoms with Crippen LogP contribution in [-0.2, 0) is 38.1 Å². The molecule has 0 bridgehead atoms. The third-order valence-corrected chi connectivity index (χ3v) is 9.79. The van der Waals surface area contributed by atoms with E-state index in [-0.39, 0.29) is 5.78 Å². The molecule has 2 aliphatic heterocycles. The Balaban J connectivity index is 2.10. The van der Waals surface area contributed by atoms with Gasteiger partial charge in [-0.15, -0.1) is 11.6 Å². The van der Waals surface area contributed by atoms with E-state index in [0.29, 0.717) is 5.57 Å². The molecule has 0 unspecified atom stereocenters. The first-order chi connectivity index (χ1) is 16.5. The van der Waals surface area contributed by atoms with E-state index in [4.69, 9.17) is 30.5 Å². The summed E-state index contributed by atoms with van der Waals surface area (Å²) in [6, 6.07) is 0. The molecule has 0 aromatic carbocycles. The van der Waals surface area contributed by atoms with E-state index in [0.717, 1.165) is 0 Å². The maximum Gasteiger partial charge on any atom is 0.312 e. The lowest BCUT2D eigenvalue weighted by Crippen LogP contribution is -2.73. The molecular weight excluding hydrogens is 492 g/mol. The molecule has 4 rings (SSSR count). The van der Waals surface area contributed by atoms with Gasteiger partial charge in [0.05, 0.1) is 11.3 Å². The highest BCUT2D eigenvalue weighted by molar-refractivity contribution is 6.23. The van der Waals surface area contributed by atoms with Crippen molar-refractivity contribution in [2.75, 3.05) is 0 Å². The Hall–Kier alpha value is -2.23. The van der Waals surface area contributed by atoms with E-state index >= 15 is 0 Å². The van der Waals surface area contributed by atoms with Gasteiger partial charge in [-0.1, -0.05) is 40.3 Å². The maximum atomic E-state index is 13.4. The van der Waals surface area contributed by atoms with E-state index in [9.17, 15) is 24.3 Å². The minimum atomic E-state index is -2.17. The van der Waals surface area contributed by atoms with Gasteiger partial charge in [0.15, 0.2) is 17.5 Å². The van der Waals surface area contributed by atoms with Gasteiger partial charge in [0.2, 0.25) is 0 Å². The molecule has 2 saturated heterocycles. The number of epoxide rings is 1. The van der Waals surface area contributed by atoms with E-state index in [1.165, 1.54) is 26.8 Å². The third-order valence-electron chi connectivity index (χ3n) is 9.28. The predicted octanol–water partition coefficient (Wildman–Crippen LogP) is 2.26. The highest BCUT2D eigenvalue weighted by Gasteiger charge is 2.77. The van der Waals surface area contributed by atoms with Crippen LogP contribution in [0, 0.1) is 22.2 Å². The second-order valence-corrected chi connectivity index (χ2v) is 11.8. The predicted molar refractivity (Wildman–Crippen MR) is 127 cm³/mol. The number of hydrogen-bond donors (Lipinski definition) is 1. The number of hydrogen-bond acceptors (Lipinski definition) is 9. The lowest BCUT2D eigenvalue weighted by molar-refractivity contribution is -0.249. The minimum absolute atomic E-state index is 0.295. The molecule has 0 radical (unpaired) electrons. The van der Waals surface area contributed by atoms with Crippen LogP contribution in [0.1, 0.15) is 48.5 Å². The molecule has 4 aliphatic rings. The molecule has 10 atom stereocenters. The van der Waals surface area contributed by atoms with Crippen LogP contribution in [0.3, 0.4) is 0 Å². The summed E-state index contributed by atoms with van der Waals surface area (Å²) in [5.41, 5.74) is -5.82. The van der Waals surface area contributed by atoms with Crippen LogP contribution in [0.2, 0.25) is 0 Å². The van der Waals surface area contributed by atoms with Crippen LogP contribution in [-0.4, -0.2) is 70.3 Å². The number of esters is 3. The Bertz CT molecular complexity index is 1080. The van der Waals surface area contributed by atoms with Gasteiger partial charge in [-0.05, 0) is 18.6 Å². The minimum Gasteiger partial charge on any atom is -0.459 e. The number of ketones is 1. The number of ether oxygens (including phenoxy) is 4. The second-order valence-electron chi connectivity index (χ2n) is 11.3. The highest BCUT2D eigenvalue weighted by atomic mass is 35.5. The van der Waals surface area contributed by atoms with Gasteiger partial charge >= 0.3 is 17.9 Å². The highest BCUT2D eigenvalue weighted by Crippen LogP contribution is 2.66. The molecule has 3 fully saturated rings. The number of alkyl halides is 1. The molecule has 2 heterocycles. The Labute approximate surface area is 215 Å². The average Bonchev–Trinajstić information content (AvgIpc) is 3.54. The normalized spacial score (nSPS) is 47.1. The lowest BCUT2D eigenvalue weighted by atomic mass is 9.42. The fraction of sp³-hybridized carbons (Fsp3) is 0.692. The fourth-order valence-corrected chi connectivity index (χ4v) is 6.92. The third kappa shape index (κ3) is 3.28. The van der Waals surface area contributed by atoms with Crippen molar-refractivity contribution in [3.63, 3.8) is 0 Å². The summed E-state index contributed by atoms with van der Waals surface area (Å²) in [6.45, 7) is 14.7. The van der Waals surface area contributed by atoms with Gasteiger partial charge in [-0.25, -0.2) is 0 Å². The second kappa shape index (κ2) is 8.13. The summed E-state index contributed by atoms with van der Waals surface area (Å²) in [5, 5.41) is 11.3. The van der Waals surface area contributed by atoms with Gasteiger partial charge in [-0.3, -0.25) is 19.2 Å². The van der Waals surface area contributed by atoms with E-state index < -0.39 is 81.6 Å². The molecular formula is C26H33ClO9. The Morgan fingerprint density at radius 1 is 1.11 bits per heavy atom. The summed E-state index contributed by atoms with van der Waals surface area (Å²) in [7, 11) is 0. The van der Waals surface area contributed by atoms with Crippen LogP contribution in [0.15, 0.2) is 24.3 Å². The molecule has 0 aromatic rings. The SMILES string of the molecule is C=C1[C@H]2O[C@H]2[C@H](OC(C)=O)[C@@]2(C)C=CC(=O)C(C)(C)[C@]2(C)[C@@H](OC(C)=O)[C@]2(O)[C@@H](C)C(=O)O[C@H]2[C@H]1Cl. The van der Waals surface area contributed by atoms with Crippen molar-refractivity contribution in [3.8, 4) is 0 Å². The van der Waals surface area contributed by atoms with Crippen LogP contribution < -0.4 is 0 Å². The summed E-state index contributed by atoms with van der Waals surface area (Å²) >= 11 is 6.78. The summed E-state index contributed by atoms with van der Waals surface area (Å²) in [6.07, 6.45) is -2.13. The van der Waals surface area contributed by atoms with Crippen LogP contribution in [0.5, 0.6) is 0 Å². The number of halogens is 1.